The van der Waals surface area contributed by atoms with Gasteiger partial charge in [0.1, 0.15) is 12.0 Å². The highest BCUT2D eigenvalue weighted by Gasteiger charge is 2.44. The zero-order valence-corrected chi connectivity index (χ0v) is 7.65. The number of carboxylic acids is 1. The smallest absolute Gasteiger partial charge is 0.310 e. The van der Waals surface area contributed by atoms with E-state index in [1.807, 2.05) is 0 Å². The van der Waals surface area contributed by atoms with Crippen molar-refractivity contribution in [1.29, 1.82) is 0 Å². The van der Waals surface area contributed by atoms with Crippen molar-refractivity contribution in [1.82, 2.24) is 15.8 Å². The van der Waals surface area contributed by atoms with Gasteiger partial charge in [-0.25, -0.2) is 5.43 Å². The van der Waals surface area contributed by atoms with E-state index in [0.717, 1.165) is 0 Å². The van der Waals surface area contributed by atoms with Gasteiger partial charge in [0, 0.05) is 18.4 Å². The summed E-state index contributed by atoms with van der Waals surface area (Å²) in [5.41, 5.74) is 3.58. The molecule has 76 valence electrons. The lowest BCUT2D eigenvalue weighted by Gasteiger charge is -2.28. The van der Waals surface area contributed by atoms with Gasteiger partial charge >= 0.3 is 5.97 Å². The number of amides is 1. The van der Waals surface area contributed by atoms with Crippen molar-refractivity contribution in [3.63, 3.8) is 0 Å². The molecule has 0 aromatic carbocycles. The number of nitrogens with zero attached hydrogens (tertiary/aromatic N) is 1. The van der Waals surface area contributed by atoms with Crippen LogP contribution in [0.1, 0.15) is 6.92 Å². The largest absolute Gasteiger partial charge is 0.481 e. The van der Waals surface area contributed by atoms with Crippen molar-refractivity contribution < 1.29 is 14.7 Å². The first-order valence-corrected chi connectivity index (χ1v) is 4.33. The average molecular weight is 197 g/mol. The van der Waals surface area contributed by atoms with Crippen LogP contribution in [0.4, 0.5) is 0 Å². The second-order valence-electron chi connectivity index (χ2n) is 3.46. The maximum absolute atomic E-state index is 11.5. The first-order chi connectivity index (χ1) is 6.59. The predicted octanol–water partition coefficient (Wildman–Crippen LogP) is -1.13. The molecule has 0 aliphatic carbocycles. The van der Waals surface area contributed by atoms with Crippen molar-refractivity contribution in [2.75, 3.05) is 6.54 Å². The first kappa shape index (κ1) is 9.01. The van der Waals surface area contributed by atoms with Gasteiger partial charge in [-0.3, -0.25) is 9.59 Å². The summed E-state index contributed by atoms with van der Waals surface area (Å²) in [6.45, 7) is 2.04. The Kier molecular flexibility index (Phi) is 1.92. The molecule has 14 heavy (non-hydrogen) atoms. The van der Waals surface area contributed by atoms with E-state index in [9.17, 15) is 9.59 Å². The summed E-state index contributed by atoms with van der Waals surface area (Å²) in [4.78, 5) is 22.3. The summed E-state index contributed by atoms with van der Waals surface area (Å²) in [7, 11) is 0. The van der Waals surface area contributed by atoms with Gasteiger partial charge in [0.25, 0.3) is 0 Å². The maximum Gasteiger partial charge on any atom is 0.310 e. The zero-order valence-electron chi connectivity index (χ0n) is 7.65. The molecule has 0 bridgehead atoms. The second kappa shape index (κ2) is 2.98. The molecule has 6 nitrogen and oxygen atoms in total. The van der Waals surface area contributed by atoms with Crippen molar-refractivity contribution in [3.05, 3.63) is 11.9 Å². The molecule has 6 heteroatoms. The van der Waals surface area contributed by atoms with E-state index in [1.165, 1.54) is 0 Å². The molecule has 0 aromatic heterocycles. The molecule has 2 atom stereocenters. The lowest BCUT2D eigenvalue weighted by molar-refractivity contribution is -0.145. The Bertz CT molecular complexity index is 326. The third-order valence-electron chi connectivity index (χ3n) is 2.41. The van der Waals surface area contributed by atoms with E-state index >= 15 is 0 Å². The standard InChI is InChI=1S/C8H11N3O3/c1-4-3-11-6(7(12)10-4)5(2-9-11)8(13)14/h3,5-6,9H,2H2,1H3,(H,10,12)(H,13,14)/t5-,6?/m0/s1. The molecule has 0 saturated carbocycles. The Labute approximate surface area is 80.5 Å². The molecule has 2 rings (SSSR count). The van der Waals surface area contributed by atoms with Crippen molar-refractivity contribution in [2.24, 2.45) is 5.92 Å². The molecular weight excluding hydrogens is 186 g/mol. The highest BCUT2D eigenvalue weighted by atomic mass is 16.4. The van der Waals surface area contributed by atoms with Crippen molar-refractivity contribution in [2.45, 2.75) is 13.0 Å². The molecular formula is C8H11N3O3. The molecule has 1 fully saturated rings. The van der Waals surface area contributed by atoms with Crippen LogP contribution < -0.4 is 10.7 Å². The molecule has 2 aliphatic heterocycles. The monoisotopic (exact) mass is 197 g/mol. The Balaban J connectivity index is 2.27. The number of fused-ring (bicyclic) bond motifs is 1. The van der Waals surface area contributed by atoms with Gasteiger partial charge in [0.2, 0.25) is 5.91 Å². The Morgan fingerprint density at radius 1 is 1.71 bits per heavy atom. The van der Waals surface area contributed by atoms with Crippen LogP contribution in [0, 0.1) is 5.92 Å². The fourth-order valence-electron chi connectivity index (χ4n) is 1.77. The number of carboxylic acid groups (broad SMARTS) is 1. The first-order valence-electron chi connectivity index (χ1n) is 4.33. The maximum atomic E-state index is 11.5. The van der Waals surface area contributed by atoms with Gasteiger partial charge in [-0.2, -0.15) is 0 Å². The average Bonchev–Trinajstić information content (AvgIpc) is 2.47. The van der Waals surface area contributed by atoms with Crippen LogP contribution >= 0.6 is 0 Å². The normalized spacial score (nSPS) is 30.8. The summed E-state index contributed by atoms with van der Waals surface area (Å²) in [5.74, 6) is -1.89. The summed E-state index contributed by atoms with van der Waals surface area (Å²) in [6.07, 6.45) is 1.70. The number of carbonyl (C=O) groups is 2. The molecule has 1 saturated heterocycles. The number of allylic oxidation sites excluding steroid dienone is 1. The number of rotatable bonds is 1. The van der Waals surface area contributed by atoms with E-state index in [2.05, 4.69) is 10.7 Å². The SMILES string of the molecule is CC1=CN2NC[C@H](C(=O)O)C2C(=O)N1. The molecule has 3 N–H and O–H groups in total. The minimum absolute atomic E-state index is 0.262. The third-order valence-corrected chi connectivity index (χ3v) is 2.41. The lowest BCUT2D eigenvalue weighted by Crippen LogP contribution is -2.50. The topological polar surface area (TPSA) is 81.7 Å². The van der Waals surface area contributed by atoms with E-state index in [0.29, 0.717) is 5.70 Å². The van der Waals surface area contributed by atoms with Gasteiger partial charge in [0.05, 0.1) is 0 Å². The van der Waals surface area contributed by atoms with Crippen LogP contribution in [-0.2, 0) is 9.59 Å². The van der Waals surface area contributed by atoms with Crippen LogP contribution in [0.25, 0.3) is 0 Å². The minimum Gasteiger partial charge on any atom is -0.481 e. The quantitative estimate of drug-likeness (QED) is 0.495. The van der Waals surface area contributed by atoms with E-state index in [4.69, 9.17) is 5.11 Å². The number of carbonyl (C=O) groups excluding carboxylic acids is 1. The molecule has 0 spiro atoms. The molecule has 1 amide bonds. The molecule has 2 heterocycles. The van der Waals surface area contributed by atoms with Gasteiger partial charge in [0.15, 0.2) is 0 Å². The van der Waals surface area contributed by atoms with Crippen LogP contribution in [0.3, 0.4) is 0 Å². The summed E-state index contributed by atoms with van der Waals surface area (Å²) in [5, 5.41) is 13.0. The van der Waals surface area contributed by atoms with Crippen LogP contribution in [0.2, 0.25) is 0 Å². The highest BCUT2D eigenvalue weighted by molar-refractivity contribution is 5.90. The third kappa shape index (κ3) is 1.24. The van der Waals surface area contributed by atoms with Crippen LogP contribution in [-0.4, -0.2) is 34.6 Å². The van der Waals surface area contributed by atoms with Gasteiger partial charge in [-0.05, 0) is 6.92 Å². The lowest BCUT2D eigenvalue weighted by atomic mass is 10.00. The number of nitrogens with one attached hydrogen (secondary N) is 2. The van der Waals surface area contributed by atoms with Crippen molar-refractivity contribution >= 4 is 11.9 Å². The number of hydrogen-bond acceptors (Lipinski definition) is 4. The highest BCUT2D eigenvalue weighted by Crippen LogP contribution is 2.21. The Hall–Kier alpha value is -1.56. The second-order valence-corrected chi connectivity index (χ2v) is 3.46. The summed E-state index contributed by atoms with van der Waals surface area (Å²) >= 11 is 0. The Morgan fingerprint density at radius 2 is 2.43 bits per heavy atom. The molecule has 0 aromatic rings. The van der Waals surface area contributed by atoms with Crippen molar-refractivity contribution in [3.8, 4) is 0 Å². The summed E-state index contributed by atoms with van der Waals surface area (Å²) in [6, 6.07) is -0.629. The fraction of sp³-hybridized carbons (Fsp3) is 0.500. The van der Waals surface area contributed by atoms with Gasteiger partial charge < -0.3 is 15.4 Å². The van der Waals surface area contributed by atoms with Gasteiger partial charge in [-0.1, -0.05) is 0 Å². The molecule has 2 aliphatic rings. The molecule has 1 unspecified atom stereocenters. The summed E-state index contributed by atoms with van der Waals surface area (Å²) < 4.78 is 0. The van der Waals surface area contributed by atoms with Gasteiger partial charge in [-0.15, -0.1) is 0 Å². The number of hydrazine groups is 1. The van der Waals surface area contributed by atoms with Crippen LogP contribution in [0.5, 0.6) is 0 Å². The minimum atomic E-state index is -0.951. The van der Waals surface area contributed by atoms with E-state index < -0.39 is 17.9 Å². The predicted molar refractivity (Wildman–Crippen MR) is 46.7 cm³/mol. The number of aliphatic carboxylic acids is 1. The van der Waals surface area contributed by atoms with Crippen LogP contribution in [0.15, 0.2) is 11.9 Å². The fourth-order valence-corrected chi connectivity index (χ4v) is 1.77. The van der Waals surface area contributed by atoms with E-state index in [-0.39, 0.29) is 12.5 Å². The zero-order chi connectivity index (χ0) is 10.3. The molecule has 0 radical (unpaired) electrons. The van der Waals surface area contributed by atoms with E-state index in [1.54, 1.807) is 18.1 Å². The number of hydrogen-bond donors (Lipinski definition) is 3. The Morgan fingerprint density at radius 3 is 3.07 bits per heavy atom.